The summed E-state index contributed by atoms with van der Waals surface area (Å²) in [6.45, 7) is 2.41. The largest absolute Gasteiger partial charge is 0.323 e. The van der Waals surface area contributed by atoms with Gasteiger partial charge in [0.25, 0.3) is 0 Å². The average Bonchev–Trinajstić information content (AvgIpc) is 3.34. The minimum absolute atomic E-state index is 0.183. The van der Waals surface area contributed by atoms with E-state index in [0.717, 1.165) is 18.4 Å². The first-order valence-corrected chi connectivity index (χ1v) is 11.1. The van der Waals surface area contributed by atoms with Crippen LogP contribution < -0.4 is 10.6 Å². The van der Waals surface area contributed by atoms with Gasteiger partial charge < -0.3 is 5.32 Å². The molecule has 1 spiro atoms. The second-order valence-electron chi connectivity index (χ2n) is 8.55. The van der Waals surface area contributed by atoms with Crippen LogP contribution in [-0.4, -0.2) is 35.2 Å². The molecule has 6 nitrogen and oxygen atoms in total. The van der Waals surface area contributed by atoms with Crippen molar-refractivity contribution in [2.75, 3.05) is 11.9 Å². The number of para-hydroxylation sites is 1. The first-order chi connectivity index (χ1) is 15.0. The number of likely N-dealkylation sites (tertiary alicyclic amines) is 1. The molecule has 0 aliphatic carbocycles. The van der Waals surface area contributed by atoms with Gasteiger partial charge in [-0.3, -0.25) is 24.6 Å². The summed E-state index contributed by atoms with van der Waals surface area (Å²) in [5, 5.41) is 6.75. The number of nitrogens with one attached hydrogen (secondary N) is 2. The van der Waals surface area contributed by atoms with Crippen molar-refractivity contribution in [2.24, 2.45) is 11.8 Å². The van der Waals surface area contributed by atoms with Crippen molar-refractivity contribution in [3.8, 4) is 0 Å². The second kappa shape index (κ2) is 7.46. The van der Waals surface area contributed by atoms with Crippen LogP contribution in [0, 0.1) is 11.8 Å². The van der Waals surface area contributed by atoms with E-state index in [0.29, 0.717) is 29.2 Å². The maximum absolute atomic E-state index is 13.6. The molecule has 3 aliphatic heterocycles. The summed E-state index contributed by atoms with van der Waals surface area (Å²) in [6, 6.07) is 14.8. The number of anilines is 1. The lowest BCUT2D eigenvalue weighted by Crippen LogP contribution is -2.53. The molecule has 3 amide bonds. The monoisotopic (exact) mass is 437 g/mol. The third kappa shape index (κ3) is 2.85. The van der Waals surface area contributed by atoms with Gasteiger partial charge in [0.15, 0.2) is 0 Å². The fourth-order valence-corrected chi connectivity index (χ4v) is 5.65. The average molecular weight is 438 g/mol. The maximum Gasteiger partial charge on any atom is 0.250 e. The normalized spacial score (nSPS) is 28.9. The van der Waals surface area contributed by atoms with Gasteiger partial charge in [0.1, 0.15) is 5.54 Å². The third-order valence-electron chi connectivity index (χ3n) is 6.82. The molecule has 7 heteroatoms. The Kier molecular flexibility index (Phi) is 4.87. The highest BCUT2D eigenvalue weighted by Gasteiger charge is 2.70. The van der Waals surface area contributed by atoms with Crippen LogP contribution in [0.25, 0.3) is 0 Å². The Bertz CT molecular complexity index is 1070. The number of hydrogen-bond acceptors (Lipinski definition) is 4. The number of halogens is 1. The van der Waals surface area contributed by atoms with E-state index in [1.807, 2.05) is 43.3 Å². The molecule has 2 aromatic rings. The maximum atomic E-state index is 13.6. The van der Waals surface area contributed by atoms with Crippen molar-refractivity contribution in [3.63, 3.8) is 0 Å². The predicted molar refractivity (Wildman–Crippen MR) is 117 cm³/mol. The number of carbonyl (C=O) groups excluding carboxylic acids is 3. The van der Waals surface area contributed by atoms with Crippen molar-refractivity contribution < 1.29 is 14.4 Å². The van der Waals surface area contributed by atoms with Crippen LogP contribution in [0.2, 0.25) is 5.02 Å². The van der Waals surface area contributed by atoms with Crippen LogP contribution >= 0.6 is 11.6 Å². The molecule has 4 atom stereocenters. The lowest BCUT2D eigenvalue weighted by atomic mass is 9.76. The van der Waals surface area contributed by atoms with E-state index < -0.39 is 17.4 Å². The van der Waals surface area contributed by atoms with E-state index in [-0.39, 0.29) is 23.8 Å². The molecule has 160 valence electrons. The highest BCUT2D eigenvalue weighted by Crippen LogP contribution is 2.54. The first kappa shape index (κ1) is 20.2. The Hall–Kier alpha value is -2.70. The minimum atomic E-state index is -1.29. The fraction of sp³-hybridized carbons (Fsp3) is 0.375. The number of rotatable bonds is 5. The molecular formula is C24H24ClN3O3. The van der Waals surface area contributed by atoms with Gasteiger partial charge in [0.05, 0.1) is 22.5 Å². The Balaban J connectivity index is 1.62. The van der Waals surface area contributed by atoms with Crippen LogP contribution in [0.3, 0.4) is 0 Å². The van der Waals surface area contributed by atoms with E-state index in [2.05, 4.69) is 10.6 Å². The van der Waals surface area contributed by atoms with Crippen molar-refractivity contribution in [1.82, 2.24) is 10.2 Å². The Morgan fingerprint density at radius 2 is 1.81 bits per heavy atom. The zero-order chi connectivity index (χ0) is 21.8. The highest BCUT2D eigenvalue weighted by molar-refractivity contribution is 6.35. The van der Waals surface area contributed by atoms with E-state index in [1.165, 1.54) is 4.90 Å². The van der Waals surface area contributed by atoms with E-state index >= 15 is 0 Å². The van der Waals surface area contributed by atoms with Gasteiger partial charge in [0, 0.05) is 18.2 Å². The molecule has 0 aromatic heterocycles. The van der Waals surface area contributed by atoms with Crippen molar-refractivity contribution >= 4 is 35.0 Å². The van der Waals surface area contributed by atoms with Crippen LogP contribution in [0.4, 0.5) is 5.69 Å². The molecule has 2 N–H and O–H groups in total. The number of unbranched alkanes of at least 4 members (excludes halogenated alkanes) is 1. The smallest absolute Gasteiger partial charge is 0.250 e. The first-order valence-electron chi connectivity index (χ1n) is 10.8. The summed E-state index contributed by atoms with van der Waals surface area (Å²) in [5.41, 5.74) is 0.924. The van der Waals surface area contributed by atoms with Gasteiger partial charge in [0.2, 0.25) is 17.7 Å². The molecule has 2 saturated heterocycles. The van der Waals surface area contributed by atoms with E-state index in [4.69, 9.17) is 11.6 Å². The zero-order valence-corrected chi connectivity index (χ0v) is 18.0. The van der Waals surface area contributed by atoms with Gasteiger partial charge in [-0.2, -0.15) is 0 Å². The zero-order valence-electron chi connectivity index (χ0n) is 17.2. The minimum Gasteiger partial charge on any atom is -0.323 e. The SMILES string of the molecule is CCCCN1C(=O)[C@@H]2[C@H](Cc3ccccc3)N[C@@]3(C(=O)Nc4c(Cl)cccc43)[C@@H]2C1=O. The number of benzene rings is 2. The molecule has 0 unspecified atom stereocenters. The summed E-state index contributed by atoms with van der Waals surface area (Å²) in [5.74, 6) is -2.16. The van der Waals surface area contributed by atoms with Gasteiger partial charge in [-0.25, -0.2) is 0 Å². The molecule has 0 bridgehead atoms. The van der Waals surface area contributed by atoms with Crippen molar-refractivity contribution in [3.05, 3.63) is 64.7 Å². The molecule has 31 heavy (non-hydrogen) atoms. The second-order valence-corrected chi connectivity index (χ2v) is 8.96. The number of fused-ring (bicyclic) bond motifs is 4. The van der Waals surface area contributed by atoms with Crippen LogP contribution in [0.15, 0.2) is 48.5 Å². The summed E-state index contributed by atoms with van der Waals surface area (Å²) < 4.78 is 0. The summed E-state index contributed by atoms with van der Waals surface area (Å²) >= 11 is 6.36. The third-order valence-corrected chi connectivity index (χ3v) is 7.14. The van der Waals surface area contributed by atoms with Crippen LogP contribution in [0.1, 0.15) is 30.9 Å². The number of imide groups is 1. The van der Waals surface area contributed by atoms with Gasteiger partial charge in [-0.1, -0.05) is 67.4 Å². The molecule has 3 aliphatic rings. The topological polar surface area (TPSA) is 78.5 Å². The Morgan fingerprint density at radius 1 is 1.03 bits per heavy atom. The van der Waals surface area contributed by atoms with Gasteiger partial charge in [-0.15, -0.1) is 0 Å². The predicted octanol–water partition coefficient (Wildman–Crippen LogP) is 3.10. The standard InChI is InChI=1S/C24H24ClN3O3/c1-2-3-12-28-21(29)18-17(13-14-8-5-4-6-9-14)27-24(19(18)22(28)30)15-10-7-11-16(25)20(15)26-23(24)31/h4-11,17-19,27H,2-3,12-13H2,1H3,(H,26,31)/t17-,18+,19-,24+/m0/s1. The summed E-state index contributed by atoms with van der Waals surface area (Å²) in [4.78, 5) is 41.8. The molecule has 2 fully saturated rings. The highest BCUT2D eigenvalue weighted by atomic mass is 35.5. The molecule has 0 saturated carbocycles. The Morgan fingerprint density at radius 3 is 2.55 bits per heavy atom. The summed E-state index contributed by atoms with van der Waals surface area (Å²) in [7, 11) is 0. The lowest BCUT2D eigenvalue weighted by Gasteiger charge is -2.29. The number of hydrogen-bond donors (Lipinski definition) is 2. The molecule has 5 rings (SSSR count). The van der Waals surface area contributed by atoms with Crippen LogP contribution in [0.5, 0.6) is 0 Å². The number of carbonyl (C=O) groups is 3. The molecule has 2 aromatic carbocycles. The number of amides is 3. The van der Waals surface area contributed by atoms with E-state index in [1.54, 1.807) is 12.1 Å². The van der Waals surface area contributed by atoms with Crippen molar-refractivity contribution in [1.29, 1.82) is 0 Å². The quantitative estimate of drug-likeness (QED) is 0.704. The van der Waals surface area contributed by atoms with Gasteiger partial charge in [-0.05, 0) is 24.5 Å². The molecule has 3 heterocycles. The summed E-state index contributed by atoms with van der Waals surface area (Å²) in [6.07, 6.45) is 2.17. The van der Waals surface area contributed by atoms with Gasteiger partial charge >= 0.3 is 0 Å². The lowest BCUT2D eigenvalue weighted by molar-refractivity contribution is -0.142. The Labute approximate surface area is 185 Å². The molecular weight excluding hydrogens is 414 g/mol. The number of nitrogens with zero attached hydrogens (tertiary/aromatic N) is 1. The fourth-order valence-electron chi connectivity index (χ4n) is 5.43. The van der Waals surface area contributed by atoms with Crippen molar-refractivity contribution in [2.45, 2.75) is 37.8 Å². The van der Waals surface area contributed by atoms with Crippen LogP contribution in [-0.2, 0) is 26.3 Å². The molecule has 0 radical (unpaired) electrons. The van der Waals surface area contributed by atoms with E-state index in [9.17, 15) is 14.4 Å².